The van der Waals surface area contributed by atoms with Gasteiger partial charge in [0.25, 0.3) is 0 Å². The van der Waals surface area contributed by atoms with E-state index in [2.05, 4.69) is 17.3 Å². The molecule has 2 aliphatic heterocycles. The van der Waals surface area contributed by atoms with Gasteiger partial charge in [-0.05, 0) is 52.7 Å². The molecule has 0 saturated carbocycles. The summed E-state index contributed by atoms with van der Waals surface area (Å²) in [5.74, 6) is 0.222. The number of piperidine rings is 2. The van der Waals surface area contributed by atoms with Crippen LogP contribution in [0.1, 0.15) is 32.6 Å². The van der Waals surface area contributed by atoms with Gasteiger partial charge in [-0.1, -0.05) is 0 Å². The van der Waals surface area contributed by atoms with Crippen molar-refractivity contribution >= 4 is 10.0 Å². The van der Waals surface area contributed by atoms with Crippen LogP contribution in [-0.4, -0.2) is 68.7 Å². The Hall–Kier alpha value is -0.170. The van der Waals surface area contributed by atoms with E-state index in [0.29, 0.717) is 25.2 Å². The predicted octanol–water partition coefficient (Wildman–Crippen LogP) is 0.484. The molecule has 0 aromatic carbocycles. The molecule has 1 N–H and O–H groups in total. The van der Waals surface area contributed by atoms with Crippen molar-refractivity contribution in [3.05, 3.63) is 0 Å². The molecule has 19 heavy (non-hydrogen) atoms. The molecule has 2 rings (SSSR count). The van der Waals surface area contributed by atoms with Gasteiger partial charge in [0, 0.05) is 25.2 Å². The quantitative estimate of drug-likeness (QED) is 0.818. The molecule has 2 saturated heterocycles. The normalized spacial score (nSPS) is 25.8. The van der Waals surface area contributed by atoms with Crippen molar-refractivity contribution in [2.24, 2.45) is 0 Å². The summed E-state index contributed by atoms with van der Waals surface area (Å²) >= 11 is 0. The van der Waals surface area contributed by atoms with Crippen molar-refractivity contribution in [1.29, 1.82) is 0 Å². The number of nitrogens with one attached hydrogen (secondary N) is 1. The van der Waals surface area contributed by atoms with Crippen LogP contribution in [0.25, 0.3) is 0 Å². The maximum absolute atomic E-state index is 11.8. The molecule has 0 aliphatic carbocycles. The Bertz CT molecular complexity index is 369. The van der Waals surface area contributed by atoms with Crippen LogP contribution in [0.2, 0.25) is 0 Å². The van der Waals surface area contributed by atoms with Gasteiger partial charge in [-0.3, -0.25) is 0 Å². The lowest BCUT2D eigenvalue weighted by Crippen LogP contribution is -2.50. The van der Waals surface area contributed by atoms with E-state index in [1.165, 1.54) is 25.9 Å². The fraction of sp³-hybridized carbons (Fsp3) is 1.00. The van der Waals surface area contributed by atoms with Crippen molar-refractivity contribution in [2.45, 2.75) is 44.7 Å². The molecule has 0 atom stereocenters. The van der Waals surface area contributed by atoms with E-state index in [9.17, 15) is 8.42 Å². The first kappa shape index (κ1) is 15.2. The zero-order chi connectivity index (χ0) is 13.9. The first-order chi connectivity index (χ1) is 9.01. The second-order valence-electron chi connectivity index (χ2n) is 5.82. The van der Waals surface area contributed by atoms with Gasteiger partial charge in [-0.25, -0.2) is 12.7 Å². The largest absolute Gasteiger partial charge is 0.311 e. The van der Waals surface area contributed by atoms with Crippen LogP contribution in [-0.2, 0) is 10.0 Å². The van der Waals surface area contributed by atoms with E-state index in [1.807, 2.05) is 0 Å². The van der Waals surface area contributed by atoms with Gasteiger partial charge in [-0.2, -0.15) is 0 Å². The molecule has 112 valence electrons. The number of rotatable bonds is 4. The molecular weight excluding hydrogens is 262 g/mol. The second-order valence-corrected chi connectivity index (χ2v) is 8.08. The first-order valence-electron chi connectivity index (χ1n) is 7.43. The highest BCUT2D eigenvalue weighted by Gasteiger charge is 2.28. The molecule has 0 aromatic heterocycles. The van der Waals surface area contributed by atoms with Gasteiger partial charge in [0.05, 0.1) is 5.75 Å². The molecule has 2 fully saturated rings. The summed E-state index contributed by atoms with van der Waals surface area (Å²) in [7, 11) is -0.815. The van der Waals surface area contributed by atoms with Gasteiger partial charge in [-0.15, -0.1) is 0 Å². The molecule has 0 bridgehead atoms. The van der Waals surface area contributed by atoms with Crippen LogP contribution in [0.4, 0.5) is 0 Å². The Morgan fingerprint density at radius 2 is 1.47 bits per heavy atom. The molecule has 0 aromatic rings. The minimum Gasteiger partial charge on any atom is -0.311 e. The Morgan fingerprint density at radius 3 is 1.95 bits per heavy atom. The van der Waals surface area contributed by atoms with E-state index in [4.69, 9.17) is 0 Å². The van der Waals surface area contributed by atoms with Gasteiger partial charge in [0.2, 0.25) is 10.0 Å². The highest BCUT2D eigenvalue weighted by molar-refractivity contribution is 7.89. The summed E-state index contributed by atoms with van der Waals surface area (Å²) in [5.41, 5.74) is 0. The second kappa shape index (κ2) is 6.52. The zero-order valence-corrected chi connectivity index (χ0v) is 13.0. The van der Waals surface area contributed by atoms with Crippen LogP contribution < -0.4 is 5.32 Å². The molecule has 6 heteroatoms. The predicted molar refractivity (Wildman–Crippen MR) is 77.7 cm³/mol. The van der Waals surface area contributed by atoms with Crippen LogP contribution in [0.5, 0.6) is 0 Å². The summed E-state index contributed by atoms with van der Waals surface area (Å²) in [6.45, 7) is 5.42. The Morgan fingerprint density at radius 1 is 1.00 bits per heavy atom. The lowest BCUT2D eigenvalue weighted by Gasteiger charge is -2.36. The van der Waals surface area contributed by atoms with Crippen LogP contribution in [0, 0.1) is 0 Å². The monoisotopic (exact) mass is 289 g/mol. The number of hydrogen-bond donors (Lipinski definition) is 1. The maximum atomic E-state index is 11.8. The summed E-state index contributed by atoms with van der Waals surface area (Å²) in [4.78, 5) is 2.37. The number of likely N-dealkylation sites (tertiary alicyclic amines) is 1. The highest BCUT2D eigenvalue weighted by Crippen LogP contribution is 2.17. The van der Waals surface area contributed by atoms with Crippen LogP contribution >= 0.6 is 0 Å². The van der Waals surface area contributed by atoms with E-state index < -0.39 is 10.0 Å². The highest BCUT2D eigenvalue weighted by atomic mass is 32.2. The van der Waals surface area contributed by atoms with Crippen molar-refractivity contribution in [1.82, 2.24) is 14.5 Å². The molecule has 2 aliphatic rings. The third kappa shape index (κ3) is 4.15. The summed E-state index contributed by atoms with van der Waals surface area (Å²) in [5, 5.41) is 3.72. The molecule has 0 radical (unpaired) electrons. The first-order valence-corrected chi connectivity index (χ1v) is 9.04. The topological polar surface area (TPSA) is 52.7 Å². The molecule has 0 amide bonds. The number of sulfonamides is 1. The van der Waals surface area contributed by atoms with Crippen molar-refractivity contribution in [3.63, 3.8) is 0 Å². The van der Waals surface area contributed by atoms with Crippen molar-refractivity contribution in [3.8, 4) is 0 Å². The maximum Gasteiger partial charge on any atom is 0.213 e. The lowest BCUT2D eigenvalue weighted by molar-refractivity contribution is 0.204. The van der Waals surface area contributed by atoms with E-state index >= 15 is 0 Å². The summed E-state index contributed by atoms with van der Waals surface area (Å²) in [6.07, 6.45) is 4.32. The third-order valence-corrected chi connectivity index (χ3v) is 6.28. The fourth-order valence-electron chi connectivity index (χ4n) is 2.99. The van der Waals surface area contributed by atoms with Gasteiger partial charge < -0.3 is 10.2 Å². The molecule has 0 unspecified atom stereocenters. The Balaban J connectivity index is 1.75. The number of hydrogen-bond acceptors (Lipinski definition) is 4. The minimum atomic E-state index is -2.99. The van der Waals surface area contributed by atoms with Crippen LogP contribution in [0.3, 0.4) is 0 Å². The SMILES string of the molecule is CCS(=O)(=O)N1CCC(NC2CCN(C)CC2)CC1. The smallest absolute Gasteiger partial charge is 0.213 e. The minimum absolute atomic E-state index is 0.222. The van der Waals surface area contributed by atoms with E-state index in [1.54, 1.807) is 11.2 Å². The van der Waals surface area contributed by atoms with Crippen molar-refractivity contribution in [2.75, 3.05) is 39.0 Å². The van der Waals surface area contributed by atoms with E-state index in [0.717, 1.165) is 12.8 Å². The zero-order valence-electron chi connectivity index (χ0n) is 12.1. The Kier molecular flexibility index (Phi) is 5.22. The molecule has 2 heterocycles. The summed E-state index contributed by atoms with van der Waals surface area (Å²) in [6, 6.07) is 1.12. The van der Waals surface area contributed by atoms with Crippen molar-refractivity contribution < 1.29 is 8.42 Å². The van der Waals surface area contributed by atoms with Gasteiger partial charge in [0.1, 0.15) is 0 Å². The van der Waals surface area contributed by atoms with Gasteiger partial charge in [0.15, 0.2) is 0 Å². The van der Waals surface area contributed by atoms with E-state index in [-0.39, 0.29) is 5.75 Å². The number of nitrogens with zero attached hydrogens (tertiary/aromatic N) is 2. The molecule has 0 spiro atoms. The third-order valence-electron chi connectivity index (χ3n) is 4.40. The van der Waals surface area contributed by atoms with Crippen LogP contribution in [0.15, 0.2) is 0 Å². The molecule has 5 nitrogen and oxygen atoms in total. The Labute approximate surface area is 117 Å². The molecular formula is C13H27N3O2S. The fourth-order valence-corrected chi connectivity index (χ4v) is 4.12. The average Bonchev–Trinajstić information content (AvgIpc) is 2.42. The average molecular weight is 289 g/mol. The van der Waals surface area contributed by atoms with Gasteiger partial charge >= 0.3 is 0 Å². The summed E-state index contributed by atoms with van der Waals surface area (Å²) < 4.78 is 25.2. The standard InChI is InChI=1S/C13H27N3O2S/c1-3-19(17,18)16-10-6-13(7-11-16)14-12-4-8-15(2)9-5-12/h12-14H,3-11H2,1-2H3. The lowest BCUT2D eigenvalue weighted by atomic mass is 10.0.